The third-order valence-corrected chi connectivity index (χ3v) is 4.26. The molecule has 0 aromatic heterocycles. The topological polar surface area (TPSA) is 29.5 Å². The molecule has 1 saturated heterocycles. The van der Waals surface area contributed by atoms with Crippen molar-refractivity contribution in [1.82, 2.24) is 4.90 Å². The van der Waals surface area contributed by atoms with E-state index in [0.717, 1.165) is 30.4 Å². The molecule has 0 bridgehead atoms. The van der Waals surface area contributed by atoms with E-state index in [1.54, 1.807) is 0 Å². The summed E-state index contributed by atoms with van der Waals surface area (Å²) < 4.78 is 6.58. The lowest BCUT2D eigenvalue weighted by atomic mass is 9.92. The average Bonchev–Trinajstić information content (AvgIpc) is 2.86. The van der Waals surface area contributed by atoms with Crippen molar-refractivity contribution >= 4 is 22.0 Å². The van der Waals surface area contributed by atoms with Crippen LogP contribution in [0.5, 0.6) is 0 Å². The van der Waals surface area contributed by atoms with Crippen molar-refractivity contribution in [2.45, 2.75) is 52.1 Å². The van der Waals surface area contributed by atoms with Gasteiger partial charge >= 0.3 is 6.09 Å². The normalized spacial score (nSPS) is 18.9. The Balaban J connectivity index is 2.07. The van der Waals surface area contributed by atoms with E-state index in [2.05, 4.69) is 41.1 Å². The van der Waals surface area contributed by atoms with Crippen molar-refractivity contribution in [3.05, 3.63) is 33.8 Å². The van der Waals surface area contributed by atoms with Crippen molar-refractivity contribution in [3.8, 4) is 0 Å². The summed E-state index contributed by atoms with van der Waals surface area (Å²) >= 11 is 3.53. The molecule has 0 aliphatic carbocycles. The van der Waals surface area contributed by atoms with Crippen LogP contribution in [0, 0.1) is 0 Å². The van der Waals surface area contributed by atoms with Crippen LogP contribution in [-0.4, -0.2) is 29.7 Å². The number of hydrogen-bond acceptors (Lipinski definition) is 2. The lowest BCUT2D eigenvalue weighted by molar-refractivity contribution is 0.0292. The number of likely N-dealkylation sites (tertiary alicyclic amines) is 1. The van der Waals surface area contributed by atoms with Gasteiger partial charge in [0.2, 0.25) is 0 Å². The molecule has 1 aromatic carbocycles. The molecule has 116 valence electrons. The number of nitrogens with zero attached hydrogens (tertiary/aromatic N) is 1. The van der Waals surface area contributed by atoms with Gasteiger partial charge in [-0.05, 0) is 56.9 Å². The molecule has 1 aromatic rings. The van der Waals surface area contributed by atoms with Crippen LogP contribution in [0.2, 0.25) is 0 Å². The van der Waals surface area contributed by atoms with Crippen molar-refractivity contribution in [1.29, 1.82) is 0 Å². The first-order valence-corrected chi connectivity index (χ1v) is 8.35. The van der Waals surface area contributed by atoms with E-state index >= 15 is 0 Å². The minimum Gasteiger partial charge on any atom is -0.444 e. The molecule has 1 heterocycles. The molecule has 1 aliphatic heterocycles. The van der Waals surface area contributed by atoms with Gasteiger partial charge in [0.1, 0.15) is 5.60 Å². The second-order valence-corrected chi connectivity index (χ2v) is 7.52. The summed E-state index contributed by atoms with van der Waals surface area (Å²) in [7, 11) is 0. The lowest BCUT2D eigenvalue weighted by Crippen LogP contribution is -2.35. The number of amides is 1. The zero-order chi connectivity index (χ0) is 15.6. The number of aryl methyl sites for hydroxylation is 1. The van der Waals surface area contributed by atoms with Gasteiger partial charge in [0, 0.05) is 23.5 Å². The van der Waals surface area contributed by atoms with Gasteiger partial charge in [-0.1, -0.05) is 28.9 Å². The van der Waals surface area contributed by atoms with Gasteiger partial charge in [-0.3, -0.25) is 0 Å². The zero-order valence-corrected chi connectivity index (χ0v) is 14.9. The summed E-state index contributed by atoms with van der Waals surface area (Å²) in [5, 5.41) is 0. The van der Waals surface area contributed by atoms with E-state index < -0.39 is 5.60 Å². The summed E-state index contributed by atoms with van der Waals surface area (Å²) in [6, 6.07) is 6.46. The largest absolute Gasteiger partial charge is 0.444 e. The SMILES string of the molecule is CCc1cc(Br)ccc1C1CCN(C(=O)OC(C)(C)C)C1. The third-order valence-electron chi connectivity index (χ3n) is 3.77. The molecule has 21 heavy (non-hydrogen) atoms. The number of hydrogen-bond donors (Lipinski definition) is 0. The molecule has 1 atom stereocenters. The molecular weight excluding hydrogens is 330 g/mol. The quantitative estimate of drug-likeness (QED) is 0.768. The molecule has 3 nitrogen and oxygen atoms in total. The second kappa shape index (κ2) is 6.39. The number of carbonyl (C=O) groups excluding carboxylic acids is 1. The lowest BCUT2D eigenvalue weighted by Gasteiger charge is -2.24. The summed E-state index contributed by atoms with van der Waals surface area (Å²) in [4.78, 5) is 14.0. The molecule has 0 radical (unpaired) electrons. The van der Waals surface area contributed by atoms with Gasteiger partial charge in [-0.25, -0.2) is 4.79 Å². The van der Waals surface area contributed by atoms with E-state index in [9.17, 15) is 4.79 Å². The Kier molecular flexibility index (Phi) is 4.97. The van der Waals surface area contributed by atoms with Crippen LogP contribution in [0.25, 0.3) is 0 Å². The first kappa shape index (κ1) is 16.3. The van der Waals surface area contributed by atoms with Gasteiger partial charge in [-0.2, -0.15) is 0 Å². The van der Waals surface area contributed by atoms with E-state index in [1.165, 1.54) is 11.1 Å². The molecule has 0 spiro atoms. The maximum absolute atomic E-state index is 12.1. The monoisotopic (exact) mass is 353 g/mol. The number of carbonyl (C=O) groups is 1. The van der Waals surface area contributed by atoms with Crippen LogP contribution in [0.4, 0.5) is 4.79 Å². The fourth-order valence-electron chi connectivity index (χ4n) is 2.79. The molecule has 4 heteroatoms. The number of halogens is 1. The van der Waals surface area contributed by atoms with Crippen LogP contribution in [0.15, 0.2) is 22.7 Å². The zero-order valence-electron chi connectivity index (χ0n) is 13.3. The average molecular weight is 354 g/mol. The fraction of sp³-hybridized carbons (Fsp3) is 0.588. The highest BCUT2D eigenvalue weighted by molar-refractivity contribution is 9.10. The molecule has 0 saturated carbocycles. The van der Waals surface area contributed by atoms with E-state index in [0.29, 0.717) is 5.92 Å². The number of rotatable bonds is 2. The van der Waals surface area contributed by atoms with E-state index in [4.69, 9.17) is 4.74 Å². The Bertz CT molecular complexity index is 522. The minimum absolute atomic E-state index is 0.194. The van der Waals surface area contributed by atoms with Crippen molar-refractivity contribution in [2.24, 2.45) is 0 Å². The highest BCUT2D eigenvalue weighted by atomic mass is 79.9. The third kappa shape index (κ3) is 4.22. The Labute approximate surface area is 135 Å². The molecule has 1 aliphatic rings. The Morgan fingerprint density at radius 3 is 2.76 bits per heavy atom. The van der Waals surface area contributed by atoms with Crippen LogP contribution in [-0.2, 0) is 11.2 Å². The van der Waals surface area contributed by atoms with Gasteiger partial charge in [-0.15, -0.1) is 0 Å². The van der Waals surface area contributed by atoms with Gasteiger partial charge in [0.05, 0.1) is 0 Å². The summed E-state index contributed by atoms with van der Waals surface area (Å²) in [6.07, 6.45) is 1.83. The van der Waals surface area contributed by atoms with Crippen LogP contribution >= 0.6 is 15.9 Å². The maximum atomic E-state index is 12.1. The summed E-state index contributed by atoms with van der Waals surface area (Å²) in [5.41, 5.74) is 2.30. The highest BCUT2D eigenvalue weighted by Crippen LogP contribution is 2.32. The van der Waals surface area contributed by atoms with Crippen LogP contribution < -0.4 is 0 Å². The smallest absolute Gasteiger partial charge is 0.410 e. The Morgan fingerprint density at radius 2 is 2.14 bits per heavy atom. The van der Waals surface area contributed by atoms with Gasteiger partial charge in [0.25, 0.3) is 0 Å². The van der Waals surface area contributed by atoms with Crippen molar-refractivity contribution in [2.75, 3.05) is 13.1 Å². The Hall–Kier alpha value is -1.03. The first-order chi connectivity index (χ1) is 9.80. The van der Waals surface area contributed by atoms with Crippen LogP contribution in [0.3, 0.4) is 0 Å². The summed E-state index contributed by atoms with van der Waals surface area (Å²) in [6.45, 7) is 9.42. The Morgan fingerprint density at radius 1 is 1.43 bits per heavy atom. The van der Waals surface area contributed by atoms with E-state index in [-0.39, 0.29) is 6.09 Å². The number of ether oxygens (including phenoxy) is 1. The summed E-state index contributed by atoms with van der Waals surface area (Å²) in [5.74, 6) is 0.417. The molecule has 0 N–H and O–H groups in total. The van der Waals surface area contributed by atoms with Gasteiger partial charge < -0.3 is 9.64 Å². The minimum atomic E-state index is -0.429. The van der Waals surface area contributed by atoms with Gasteiger partial charge in [0.15, 0.2) is 0 Å². The molecule has 1 fully saturated rings. The molecule has 1 unspecified atom stereocenters. The standard InChI is InChI=1S/C17H24BrNO2/c1-5-12-10-14(18)6-7-15(12)13-8-9-19(11-13)16(20)21-17(2,3)4/h6-7,10,13H,5,8-9,11H2,1-4H3. The predicted molar refractivity (Wildman–Crippen MR) is 88.7 cm³/mol. The molecule has 2 rings (SSSR count). The molecule has 1 amide bonds. The van der Waals surface area contributed by atoms with Crippen LogP contribution in [0.1, 0.15) is 51.2 Å². The molecular formula is C17H24BrNO2. The highest BCUT2D eigenvalue weighted by Gasteiger charge is 2.31. The van der Waals surface area contributed by atoms with Crippen molar-refractivity contribution in [3.63, 3.8) is 0 Å². The van der Waals surface area contributed by atoms with Crippen molar-refractivity contribution < 1.29 is 9.53 Å². The first-order valence-electron chi connectivity index (χ1n) is 7.56. The maximum Gasteiger partial charge on any atom is 0.410 e. The van der Waals surface area contributed by atoms with E-state index in [1.807, 2.05) is 25.7 Å². The number of benzene rings is 1. The predicted octanol–water partition coefficient (Wildman–Crippen LogP) is 4.74. The fourth-order valence-corrected chi connectivity index (χ4v) is 3.19. The second-order valence-electron chi connectivity index (χ2n) is 6.61.